The number of nitriles is 2. The van der Waals surface area contributed by atoms with Crippen molar-refractivity contribution in [2.45, 2.75) is 24.8 Å². The lowest BCUT2D eigenvalue weighted by Gasteiger charge is -2.15. The number of fused-ring (bicyclic) bond motifs is 6. The molecule has 3 aromatic carbocycles. The molecule has 1 saturated carbocycles. The van der Waals surface area contributed by atoms with E-state index in [-0.39, 0.29) is 17.9 Å². The van der Waals surface area contributed by atoms with Crippen LogP contribution in [0.25, 0.3) is 33.6 Å². The predicted molar refractivity (Wildman–Crippen MR) is 149 cm³/mol. The molecule has 4 nitrogen and oxygen atoms in total. The van der Waals surface area contributed by atoms with Crippen molar-refractivity contribution in [2.75, 3.05) is 0 Å². The molecule has 184 valence electrons. The molecule has 3 unspecified atom stereocenters. The van der Waals surface area contributed by atoms with Gasteiger partial charge in [-0.15, -0.1) is 0 Å². The Morgan fingerprint density at radius 1 is 0.692 bits per heavy atom. The van der Waals surface area contributed by atoms with E-state index in [4.69, 9.17) is 0 Å². The lowest BCUT2D eigenvalue weighted by molar-refractivity contribution is -0.693. The van der Waals surface area contributed by atoms with Crippen LogP contribution in [0, 0.1) is 29.6 Å². The van der Waals surface area contributed by atoms with Crippen molar-refractivity contribution in [3.8, 4) is 45.8 Å². The van der Waals surface area contributed by atoms with E-state index in [1.165, 1.54) is 27.8 Å². The van der Waals surface area contributed by atoms with Gasteiger partial charge in [0.2, 0.25) is 11.4 Å². The zero-order valence-corrected chi connectivity index (χ0v) is 21.8. The SMILES string of the molecule is Cc1ccc2[n+](c1)C1C(c3ccccc3-c3ccc(-c4ccccc4)c[n+]3C)C1c1c(C#N)cc(C#N)cc1-2. The molecule has 2 aliphatic rings. The summed E-state index contributed by atoms with van der Waals surface area (Å²) in [4.78, 5) is 0. The summed E-state index contributed by atoms with van der Waals surface area (Å²) in [5, 5.41) is 19.8. The molecule has 39 heavy (non-hydrogen) atoms. The molecule has 7 rings (SSSR count). The topological polar surface area (TPSA) is 55.3 Å². The standard InChI is InChI=1S/C35H26N4/c1-22-12-14-31-29-17-23(18-36)16-26(19-37)32(29)34-33(35(34)39(31)20-22)28-11-7-6-10-27(28)30-15-13-25(21-38(30)2)24-8-4-3-5-9-24/h3-17,20-21,33-35H,1-2H3/q+2. The van der Waals surface area contributed by atoms with E-state index in [0.29, 0.717) is 11.1 Å². The summed E-state index contributed by atoms with van der Waals surface area (Å²) < 4.78 is 4.59. The number of rotatable bonds is 3. The van der Waals surface area contributed by atoms with Gasteiger partial charge < -0.3 is 0 Å². The molecule has 3 atom stereocenters. The van der Waals surface area contributed by atoms with Crippen LogP contribution in [0.4, 0.5) is 0 Å². The Labute approximate surface area is 228 Å². The average molecular weight is 503 g/mol. The molecule has 3 heterocycles. The molecular formula is C35H26N4+2. The van der Waals surface area contributed by atoms with Crippen LogP contribution in [-0.4, -0.2) is 0 Å². The fraction of sp³-hybridized carbons (Fsp3) is 0.143. The Balaban J connectivity index is 1.39. The number of aryl methyl sites for hydroxylation is 2. The Hall–Kier alpha value is -5.06. The first-order chi connectivity index (χ1) is 19.1. The number of hydrogen-bond donors (Lipinski definition) is 0. The van der Waals surface area contributed by atoms with Crippen molar-refractivity contribution < 1.29 is 9.13 Å². The van der Waals surface area contributed by atoms with E-state index in [9.17, 15) is 10.5 Å². The smallest absolute Gasteiger partial charge is 0.200 e. The van der Waals surface area contributed by atoms with Crippen LogP contribution in [-0.2, 0) is 7.05 Å². The van der Waals surface area contributed by atoms with Crippen LogP contribution in [0.3, 0.4) is 0 Å². The van der Waals surface area contributed by atoms with Crippen molar-refractivity contribution in [1.82, 2.24) is 0 Å². The lowest BCUT2D eigenvalue weighted by Crippen LogP contribution is -2.38. The monoisotopic (exact) mass is 502 g/mol. The molecular weight excluding hydrogens is 476 g/mol. The average Bonchev–Trinajstić information content (AvgIpc) is 3.72. The third-order valence-corrected chi connectivity index (χ3v) is 8.30. The summed E-state index contributed by atoms with van der Waals surface area (Å²) in [6.45, 7) is 2.11. The highest BCUT2D eigenvalue weighted by molar-refractivity contribution is 5.74. The number of pyridine rings is 2. The molecule has 5 aromatic rings. The van der Waals surface area contributed by atoms with E-state index >= 15 is 0 Å². The highest BCUT2D eigenvalue weighted by Gasteiger charge is 2.64. The second-order valence-corrected chi connectivity index (χ2v) is 10.6. The predicted octanol–water partition coefficient (Wildman–Crippen LogP) is 6.29. The van der Waals surface area contributed by atoms with Gasteiger partial charge in [-0.1, -0.05) is 48.5 Å². The van der Waals surface area contributed by atoms with Gasteiger partial charge in [-0.25, -0.2) is 4.57 Å². The maximum absolute atomic E-state index is 10.1. The molecule has 0 spiro atoms. The second kappa shape index (κ2) is 8.76. The van der Waals surface area contributed by atoms with Crippen molar-refractivity contribution in [1.29, 1.82) is 10.5 Å². The molecule has 1 aliphatic heterocycles. The van der Waals surface area contributed by atoms with Gasteiger partial charge in [-0.05, 0) is 53.9 Å². The first kappa shape index (κ1) is 23.1. The van der Waals surface area contributed by atoms with Gasteiger partial charge in [0.1, 0.15) is 7.05 Å². The minimum Gasteiger partial charge on any atom is -0.200 e. The van der Waals surface area contributed by atoms with Gasteiger partial charge in [0.15, 0.2) is 18.4 Å². The summed E-state index contributed by atoms with van der Waals surface area (Å²) in [6.07, 6.45) is 4.42. The summed E-state index contributed by atoms with van der Waals surface area (Å²) >= 11 is 0. The Morgan fingerprint density at radius 3 is 2.23 bits per heavy atom. The largest absolute Gasteiger partial charge is 0.213 e. The molecule has 0 radical (unpaired) electrons. The highest BCUT2D eigenvalue weighted by Crippen LogP contribution is 2.66. The fourth-order valence-corrected chi connectivity index (χ4v) is 6.56. The lowest BCUT2D eigenvalue weighted by atomic mass is 9.89. The Kier molecular flexibility index (Phi) is 5.18. The molecule has 0 bridgehead atoms. The zero-order valence-electron chi connectivity index (χ0n) is 21.8. The molecule has 0 N–H and O–H groups in total. The van der Waals surface area contributed by atoms with Crippen LogP contribution < -0.4 is 9.13 Å². The van der Waals surface area contributed by atoms with E-state index in [2.05, 4.69) is 120 Å². The molecule has 0 amide bonds. The highest BCUT2D eigenvalue weighted by atomic mass is 15.1. The van der Waals surface area contributed by atoms with E-state index in [1.54, 1.807) is 6.07 Å². The minimum atomic E-state index is 0.178. The molecule has 4 heteroatoms. The number of benzene rings is 3. The van der Waals surface area contributed by atoms with Gasteiger partial charge in [0.25, 0.3) is 0 Å². The number of aromatic nitrogens is 2. The number of nitrogens with zero attached hydrogens (tertiary/aromatic N) is 4. The Morgan fingerprint density at radius 2 is 1.46 bits per heavy atom. The normalized spacial score (nSPS) is 18.2. The van der Waals surface area contributed by atoms with Gasteiger partial charge in [0.05, 0.1) is 40.7 Å². The molecule has 1 aliphatic carbocycles. The van der Waals surface area contributed by atoms with Crippen LogP contribution >= 0.6 is 0 Å². The van der Waals surface area contributed by atoms with E-state index in [0.717, 1.165) is 22.5 Å². The van der Waals surface area contributed by atoms with E-state index < -0.39 is 0 Å². The Bertz CT molecular complexity index is 1870. The van der Waals surface area contributed by atoms with Crippen LogP contribution in [0.5, 0.6) is 0 Å². The van der Waals surface area contributed by atoms with Gasteiger partial charge in [-0.3, -0.25) is 0 Å². The number of hydrogen-bond acceptors (Lipinski definition) is 2. The zero-order chi connectivity index (χ0) is 26.7. The fourth-order valence-electron chi connectivity index (χ4n) is 6.56. The van der Waals surface area contributed by atoms with Crippen LogP contribution in [0.1, 0.15) is 45.7 Å². The third kappa shape index (κ3) is 3.57. The van der Waals surface area contributed by atoms with Crippen LogP contribution in [0.15, 0.2) is 103 Å². The van der Waals surface area contributed by atoms with Gasteiger partial charge >= 0.3 is 0 Å². The third-order valence-electron chi connectivity index (χ3n) is 8.30. The summed E-state index contributed by atoms with van der Waals surface area (Å²) in [5.41, 5.74) is 11.5. The molecule has 2 aromatic heterocycles. The summed E-state index contributed by atoms with van der Waals surface area (Å²) in [6, 6.07) is 36.4. The maximum Gasteiger partial charge on any atom is 0.213 e. The van der Waals surface area contributed by atoms with Crippen LogP contribution in [0.2, 0.25) is 0 Å². The first-order valence-corrected chi connectivity index (χ1v) is 13.2. The molecule has 1 fully saturated rings. The quantitative estimate of drug-likeness (QED) is 0.272. The second-order valence-electron chi connectivity index (χ2n) is 10.6. The van der Waals surface area contributed by atoms with Crippen molar-refractivity contribution >= 4 is 0 Å². The van der Waals surface area contributed by atoms with Crippen molar-refractivity contribution in [3.63, 3.8) is 0 Å². The minimum absolute atomic E-state index is 0.178. The van der Waals surface area contributed by atoms with Crippen molar-refractivity contribution in [3.05, 3.63) is 131 Å². The summed E-state index contributed by atoms with van der Waals surface area (Å²) in [7, 11) is 2.11. The van der Waals surface area contributed by atoms with Crippen molar-refractivity contribution in [2.24, 2.45) is 7.05 Å². The van der Waals surface area contributed by atoms with Gasteiger partial charge in [-0.2, -0.15) is 15.1 Å². The summed E-state index contributed by atoms with van der Waals surface area (Å²) in [5.74, 6) is 0.401. The van der Waals surface area contributed by atoms with E-state index in [1.807, 2.05) is 12.1 Å². The maximum atomic E-state index is 10.1. The molecule has 0 saturated heterocycles. The first-order valence-electron chi connectivity index (χ1n) is 13.2. The van der Waals surface area contributed by atoms with Gasteiger partial charge in [0, 0.05) is 28.8 Å².